The van der Waals surface area contributed by atoms with Crippen LogP contribution in [0.5, 0.6) is 0 Å². The average molecular weight is 236 g/mol. The number of nitrogens with one attached hydrogen (secondary N) is 1. The fraction of sp³-hybridized carbons (Fsp3) is 0.786. The lowest BCUT2D eigenvalue weighted by molar-refractivity contribution is 0.227. The van der Waals surface area contributed by atoms with Gasteiger partial charge >= 0.3 is 0 Å². The highest BCUT2D eigenvalue weighted by Gasteiger charge is 2.25. The summed E-state index contributed by atoms with van der Waals surface area (Å²) in [6, 6.07) is 0.653. The van der Waals surface area contributed by atoms with E-state index in [-0.39, 0.29) is 0 Å². The third-order valence-corrected chi connectivity index (χ3v) is 4.15. The van der Waals surface area contributed by atoms with Gasteiger partial charge in [0.25, 0.3) is 0 Å². The van der Waals surface area contributed by atoms with Crippen molar-refractivity contribution in [1.29, 1.82) is 0 Å². The Morgan fingerprint density at radius 1 is 1.29 bits per heavy atom. The third kappa shape index (κ3) is 2.89. The average Bonchev–Trinajstić information content (AvgIpc) is 2.58. The standard InChI is InChI=1S/C14H24N2O/c1-9-5-6-14(10(2)7-9)15-8-13-11(3)16-17-12(13)4/h9-10,14-15H,5-8H2,1-4H3. The van der Waals surface area contributed by atoms with Gasteiger partial charge in [0.15, 0.2) is 0 Å². The number of aryl methyl sites for hydroxylation is 2. The Morgan fingerprint density at radius 2 is 2.06 bits per heavy atom. The van der Waals surface area contributed by atoms with Crippen LogP contribution in [0.2, 0.25) is 0 Å². The summed E-state index contributed by atoms with van der Waals surface area (Å²) in [4.78, 5) is 0. The summed E-state index contributed by atoms with van der Waals surface area (Å²) >= 11 is 0. The second kappa shape index (κ2) is 5.21. The Morgan fingerprint density at radius 3 is 2.65 bits per heavy atom. The van der Waals surface area contributed by atoms with Crippen molar-refractivity contribution in [1.82, 2.24) is 10.5 Å². The Labute approximate surface area is 104 Å². The zero-order valence-electron chi connectivity index (χ0n) is 11.4. The van der Waals surface area contributed by atoms with Crippen molar-refractivity contribution in [2.24, 2.45) is 11.8 Å². The number of hydrogen-bond acceptors (Lipinski definition) is 3. The fourth-order valence-corrected chi connectivity index (χ4v) is 2.96. The summed E-state index contributed by atoms with van der Waals surface area (Å²) in [5.74, 6) is 2.62. The minimum absolute atomic E-state index is 0.653. The monoisotopic (exact) mass is 236 g/mol. The summed E-state index contributed by atoms with van der Waals surface area (Å²) in [6.07, 6.45) is 3.99. The first kappa shape index (κ1) is 12.6. The predicted molar refractivity (Wildman–Crippen MR) is 68.8 cm³/mol. The molecule has 0 amide bonds. The first-order valence-corrected chi connectivity index (χ1v) is 6.73. The minimum Gasteiger partial charge on any atom is -0.361 e. The van der Waals surface area contributed by atoms with Crippen LogP contribution in [0, 0.1) is 25.7 Å². The first-order valence-electron chi connectivity index (χ1n) is 6.73. The largest absolute Gasteiger partial charge is 0.361 e. The summed E-state index contributed by atoms with van der Waals surface area (Å²) < 4.78 is 5.19. The number of rotatable bonds is 3. The quantitative estimate of drug-likeness (QED) is 0.875. The van der Waals surface area contributed by atoms with Crippen LogP contribution < -0.4 is 5.32 Å². The second-order valence-electron chi connectivity index (χ2n) is 5.69. The molecule has 1 saturated carbocycles. The van der Waals surface area contributed by atoms with Crippen molar-refractivity contribution < 1.29 is 4.52 Å². The third-order valence-electron chi connectivity index (χ3n) is 4.15. The van der Waals surface area contributed by atoms with Crippen LogP contribution in [-0.4, -0.2) is 11.2 Å². The maximum Gasteiger partial charge on any atom is 0.138 e. The van der Waals surface area contributed by atoms with E-state index in [0.717, 1.165) is 29.8 Å². The van der Waals surface area contributed by atoms with Crippen LogP contribution in [0.3, 0.4) is 0 Å². The summed E-state index contributed by atoms with van der Waals surface area (Å²) in [5, 5.41) is 7.67. The van der Waals surface area contributed by atoms with E-state index in [1.54, 1.807) is 0 Å². The molecule has 0 aromatic carbocycles. The van der Waals surface area contributed by atoms with Crippen LogP contribution in [0.1, 0.15) is 50.1 Å². The van der Waals surface area contributed by atoms with E-state index in [4.69, 9.17) is 4.52 Å². The van der Waals surface area contributed by atoms with Gasteiger partial charge in [0, 0.05) is 18.2 Å². The van der Waals surface area contributed by atoms with Crippen molar-refractivity contribution >= 4 is 0 Å². The fourth-order valence-electron chi connectivity index (χ4n) is 2.96. The molecule has 0 aliphatic heterocycles. The molecule has 17 heavy (non-hydrogen) atoms. The molecule has 3 unspecified atom stereocenters. The molecular weight excluding hydrogens is 212 g/mol. The van der Waals surface area contributed by atoms with E-state index in [2.05, 4.69) is 24.3 Å². The molecular formula is C14H24N2O. The molecule has 1 heterocycles. The Bertz CT molecular complexity index is 353. The maximum absolute atomic E-state index is 5.19. The Hall–Kier alpha value is -0.830. The number of aromatic nitrogens is 1. The molecule has 1 aliphatic rings. The van der Waals surface area contributed by atoms with Gasteiger partial charge in [0.2, 0.25) is 0 Å². The lowest BCUT2D eigenvalue weighted by atomic mass is 9.80. The zero-order chi connectivity index (χ0) is 12.4. The summed E-state index contributed by atoms with van der Waals surface area (Å²) in [6.45, 7) is 9.62. The van der Waals surface area contributed by atoms with E-state index < -0.39 is 0 Å². The van der Waals surface area contributed by atoms with Crippen LogP contribution in [0.15, 0.2) is 4.52 Å². The minimum atomic E-state index is 0.653. The van der Waals surface area contributed by atoms with Crippen molar-refractivity contribution in [3.8, 4) is 0 Å². The SMILES string of the molecule is Cc1noc(C)c1CNC1CCC(C)CC1C. The van der Waals surface area contributed by atoms with Gasteiger partial charge in [-0.05, 0) is 44.9 Å². The highest BCUT2D eigenvalue weighted by molar-refractivity contribution is 5.20. The molecule has 1 aromatic rings. The Balaban J connectivity index is 1.90. The second-order valence-corrected chi connectivity index (χ2v) is 5.69. The van der Waals surface area contributed by atoms with Gasteiger partial charge < -0.3 is 9.84 Å². The molecule has 3 nitrogen and oxygen atoms in total. The van der Waals surface area contributed by atoms with Crippen molar-refractivity contribution in [2.45, 2.75) is 59.5 Å². The lowest BCUT2D eigenvalue weighted by Crippen LogP contribution is -2.38. The van der Waals surface area contributed by atoms with Gasteiger partial charge in [-0.2, -0.15) is 0 Å². The van der Waals surface area contributed by atoms with Gasteiger partial charge in [-0.1, -0.05) is 19.0 Å². The summed E-state index contributed by atoms with van der Waals surface area (Å²) in [7, 11) is 0. The van der Waals surface area contributed by atoms with E-state index in [1.165, 1.54) is 24.8 Å². The van der Waals surface area contributed by atoms with Crippen LogP contribution >= 0.6 is 0 Å². The number of hydrogen-bond donors (Lipinski definition) is 1. The van der Waals surface area contributed by atoms with Crippen molar-refractivity contribution in [2.75, 3.05) is 0 Å². The molecule has 1 N–H and O–H groups in total. The van der Waals surface area contributed by atoms with E-state index in [9.17, 15) is 0 Å². The number of nitrogens with zero attached hydrogens (tertiary/aromatic N) is 1. The molecule has 3 atom stereocenters. The first-order chi connectivity index (χ1) is 8.08. The van der Waals surface area contributed by atoms with E-state index in [1.807, 2.05) is 13.8 Å². The van der Waals surface area contributed by atoms with E-state index in [0.29, 0.717) is 6.04 Å². The molecule has 0 bridgehead atoms. The van der Waals surface area contributed by atoms with Crippen molar-refractivity contribution in [3.63, 3.8) is 0 Å². The molecule has 1 fully saturated rings. The van der Waals surface area contributed by atoms with Gasteiger partial charge in [-0.15, -0.1) is 0 Å². The molecule has 0 spiro atoms. The van der Waals surface area contributed by atoms with Gasteiger partial charge in [-0.25, -0.2) is 0 Å². The van der Waals surface area contributed by atoms with Gasteiger partial charge in [0.1, 0.15) is 5.76 Å². The van der Waals surface area contributed by atoms with Crippen molar-refractivity contribution in [3.05, 3.63) is 17.0 Å². The zero-order valence-corrected chi connectivity index (χ0v) is 11.4. The Kier molecular flexibility index (Phi) is 3.87. The lowest BCUT2D eigenvalue weighted by Gasteiger charge is -2.33. The van der Waals surface area contributed by atoms with Crippen LogP contribution in [0.25, 0.3) is 0 Å². The molecule has 0 saturated heterocycles. The van der Waals surface area contributed by atoms with Gasteiger partial charge in [-0.3, -0.25) is 0 Å². The molecule has 96 valence electrons. The normalized spacial score (nSPS) is 29.5. The maximum atomic E-state index is 5.19. The topological polar surface area (TPSA) is 38.1 Å². The van der Waals surface area contributed by atoms with Crippen LogP contribution in [-0.2, 0) is 6.54 Å². The predicted octanol–water partition coefficient (Wildman–Crippen LogP) is 3.21. The van der Waals surface area contributed by atoms with Gasteiger partial charge in [0.05, 0.1) is 5.69 Å². The smallest absolute Gasteiger partial charge is 0.138 e. The summed E-state index contributed by atoms with van der Waals surface area (Å²) in [5.41, 5.74) is 2.25. The molecule has 1 aromatic heterocycles. The molecule has 2 rings (SSSR count). The molecule has 3 heteroatoms. The molecule has 1 aliphatic carbocycles. The van der Waals surface area contributed by atoms with E-state index >= 15 is 0 Å². The highest BCUT2D eigenvalue weighted by atomic mass is 16.5. The van der Waals surface area contributed by atoms with Crippen LogP contribution in [0.4, 0.5) is 0 Å². The molecule has 0 radical (unpaired) electrons. The highest BCUT2D eigenvalue weighted by Crippen LogP contribution is 2.29.